The zero-order valence-electron chi connectivity index (χ0n) is 19.3. The third-order valence-electron chi connectivity index (χ3n) is 7.69. The molecule has 34 heavy (non-hydrogen) atoms. The van der Waals surface area contributed by atoms with Crippen LogP contribution in [0.15, 0.2) is 23.1 Å². The Morgan fingerprint density at radius 1 is 1.12 bits per heavy atom. The van der Waals surface area contributed by atoms with E-state index in [4.69, 9.17) is 25.8 Å². The Bertz CT molecular complexity index is 975. The van der Waals surface area contributed by atoms with Crippen molar-refractivity contribution in [3.8, 4) is 5.75 Å². The number of halogens is 1. The second-order valence-electron chi connectivity index (χ2n) is 10.2. The number of rotatable bonds is 9. The smallest absolute Gasteiger partial charge is 0.260 e. The van der Waals surface area contributed by atoms with Gasteiger partial charge in [-0.05, 0) is 74.5 Å². The van der Waals surface area contributed by atoms with E-state index in [0.29, 0.717) is 32.9 Å². The fourth-order valence-corrected chi connectivity index (χ4v) is 8.00. The predicted octanol–water partition coefficient (Wildman–Crippen LogP) is 2.84. The Balaban J connectivity index is 1.17. The van der Waals surface area contributed by atoms with Crippen LogP contribution < -0.4 is 9.46 Å². The van der Waals surface area contributed by atoms with Crippen molar-refractivity contribution in [1.29, 1.82) is 0 Å². The molecule has 4 aliphatic carbocycles. The number of hydrogen-bond acceptors (Lipinski definition) is 6. The maximum absolute atomic E-state index is 13.1. The highest BCUT2D eigenvalue weighted by Gasteiger charge is 2.51. The van der Waals surface area contributed by atoms with Gasteiger partial charge in [-0.2, -0.15) is 0 Å². The van der Waals surface area contributed by atoms with Gasteiger partial charge in [-0.25, -0.2) is 13.1 Å². The fraction of sp³-hybridized carbons (Fsp3) is 0.708. The molecule has 8 nitrogen and oxygen atoms in total. The first-order valence-corrected chi connectivity index (χ1v) is 14.1. The summed E-state index contributed by atoms with van der Waals surface area (Å²) < 4.78 is 45.9. The van der Waals surface area contributed by atoms with Gasteiger partial charge in [-0.15, -0.1) is 0 Å². The summed E-state index contributed by atoms with van der Waals surface area (Å²) in [7, 11) is -3.90. The molecule has 1 amide bonds. The lowest BCUT2D eigenvalue weighted by Crippen LogP contribution is -2.52. The van der Waals surface area contributed by atoms with Crippen LogP contribution in [0.1, 0.15) is 38.5 Å². The molecule has 188 valence electrons. The van der Waals surface area contributed by atoms with Gasteiger partial charge in [0.1, 0.15) is 10.6 Å². The van der Waals surface area contributed by atoms with Gasteiger partial charge in [-0.1, -0.05) is 11.6 Å². The lowest BCUT2D eigenvalue weighted by atomic mass is 9.54. The normalized spacial score (nSPS) is 30.5. The standard InChI is InChI=1S/C24H33ClN2O6S/c25-20-1-2-21(32-16-23(28)27-4-7-31-8-5-27)22(12-20)34(29,30)26-3-6-33-24-13-17-9-18(14-24)11-19(10-17)15-24/h1-2,12,17-19,26H,3-11,13-16H2. The topological polar surface area (TPSA) is 94.2 Å². The molecular formula is C24H33ClN2O6S. The molecule has 10 heteroatoms. The van der Waals surface area contributed by atoms with Crippen molar-refractivity contribution in [3.63, 3.8) is 0 Å². The van der Waals surface area contributed by atoms with Crippen molar-refractivity contribution in [2.45, 2.75) is 49.0 Å². The van der Waals surface area contributed by atoms with Crippen molar-refractivity contribution in [3.05, 3.63) is 23.2 Å². The van der Waals surface area contributed by atoms with Crippen molar-refractivity contribution < 1.29 is 27.4 Å². The number of amides is 1. The number of morpholine rings is 1. The second-order valence-corrected chi connectivity index (χ2v) is 12.4. The highest BCUT2D eigenvalue weighted by atomic mass is 35.5. The highest BCUT2D eigenvalue weighted by Crippen LogP contribution is 2.57. The Hall–Kier alpha value is -1.39. The maximum Gasteiger partial charge on any atom is 0.260 e. The third kappa shape index (κ3) is 5.38. The molecule has 1 aromatic carbocycles. The maximum atomic E-state index is 13.1. The monoisotopic (exact) mass is 512 g/mol. The molecule has 1 aromatic rings. The van der Waals surface area contributed by atoms with Gasteiger partial charge in [0, 0.05) is 24.7 Å². The minimum absolute atomic E-state index is 0.0651. The van der Waals surface area contributed by atoms with Crippen LogP contribution in [0.25, 0.3) is 0 Å². The van der Waals surface area contributed by atoms with E-state index in [-0.39, 0.29) is 40.3 Å². The van der Waals surface area contributed by atoms with Crippen LogP contribution >= 0.6 is 11.6 Å². The number of nitrogens with one attached hydrogen (secondary N) is 1. The minimum Gasteiger partial charge on any atom is -0.482 e. The first kappa shape index (κ1) is 24.3. The molecule has 5 fully saturated rings. The molecule has 6 rings (SSSR count). The van der Waals surface area contributed by atoms with Gasteiger partial charge >= 0.3 is 0 Å². The van der Waals surface area contributed by atoms with Gasteiger partial charge in [0.2, 0.25) is 10.0 Å². The van der Waals surface area contributed by atoms with E-state index >= 15 is 0 Å². The molecule has 0 unspecified atom stereocenters. The molecule has 4 bridgehead atoms. The van der Waals surface area contributed by atoms with Crippen LogP contribution in [0.3, 0.4) is 0 Å². The van der Waals surface area contributed by atoms with E-state index in [1.54, 1.807) is 11.0 Å². The lowest BCUT2D eigenvalue weighted by Gasteiger charge is -2.56. The fourth-order valence-electron chi connectivity index (χ4n) is 6.58. The Morgan fingerprint density at radius 2 is 1.76 bits per heavy atom. The zero-order chi connectivity index (χ0) is 23.8. The van der Waals surface area contributed by atoms with E-state index in [9.17, 15) is 13.2 Å². The average Bonchev–Trinajstić information content (AvgIpc) is 2.80. The van der Waals surface area contributed by atoms with Crippen LogP contribution in [0, 0.1) is 17.8 Å². The Kier molecular flexibility index (Phi) is 7.10. The molecule has 0 radical (unpaired) electrons. The quantitative estimate of drug-likeness (QED) is 0.511. The summed E-state index contributed by atoms with van der Waals surface area (Å²) in [5, 5.41) is 0.275. The van der Waals surface area contributed by atoms with Crippen molar-refractivity contribution in [2.24, 2.45) is 17.8 Å². The molecule has 4 saturated carbocycles. The second kappa shape index (κ2) is 9.93. The van der Waals surface area contributed by atoms with Crippen LogP contribution in [-0.4, -0.2) is 70.9 Å². The van der Waals surface area contributed by atoms with Gasteiger partial charge in [0.25, 0.3) is 5.91 Å². The molecule has 0 atom stereocenters. The summed E-state index contributed by atoms with van der Waals surface area (Å²) in [4.78, 5) is 14.0. The van der Waals surface area contributed by atoms with Gasteiger partial charge in [0.05, 0.1) is 25.4 Å². The largest absolute Gasteiger partial charge is 0.482 e. The molecule has 1 heterocycles. The lowest BCUT2D eigenvalue weighted by molar-refractivity contribution is -0.160. The molecule has 1 aliphatic heterocycles. The van der Waals surface area contributed by atoms with Crippen LogP contribution in [-0.2, 0) is 24.3 Å². The number of benzene rings is 1. The molecular weight excluding hydrogens is 480 g/mol. The molecule has 0 aromatic heterocycles. The molecule has 5 aliphatic rings. The SMILES string of the molecule is O=C(COc1ccc(Cl)cc1S(=O)(=O)NCCOC12CC3CC(CC(C3)C1)C2)N1CCOCC1. The molecule has 1 N–H and O–H groups in total. The van der Waals surface area contributed by atoms with Crippen molar-refractivity contribution in [1.82, 2.24) is 9.62 Å². The van der Waals surface area contributed by atoms with Crippen LogP contribution in [0.2, 0.25) is 5.02 Å². The van der Waals surface area contributed by atoms with Crippen LogP contribution in [0.5, 0.6) is 5.75 Å². The third-order valence-corrected chi connectivity index (χ3v) is 9.41. The number of hydrogen-bond donors (Lipinski definition) is 1. The average molecular weight is 513 g/mol. The van der Waals surface area contributed by atoms with Crippen molar-refractivity contribution >= 4 is 27.5 Å². The first-order valence-electron chi connectivity index (χ1n) is 12.2. The summed E-state index contributed by atoms with van der Waals surface area (Å²) in [6.45, 7) is 2.22. The van der Waals surface area contributed by atoms with Gasteiger partial charge < -0.3 is 19.1 Å². The minimum atomic E-state index is -3.90. The number of nitrogens with zero attached hydrogens (tertiary/aromatic N) is 1. The highest BCUT2D eigenvalue weighted by molar-refractivity contribution is 7.89. The van der Waals surface area contributed by atoms with Gasteiger partial charge in [-0.3, -0.25) is 4.79 Å². The van der Waals surface area contributed by atoms with Crippen molar-refractivity contribution in [2.75, 3.05) is 46.1 Å². The van der Waals surface area contributed by atoms with E-state index < -0.39 is 10.0 Å². The van der Waals surface area contributed by atoms with Crippen LogP contribution in [0.4, 0.5) is 0 Å². The molecule has 1 saturated heterocycles. The number of carbonyl (C=O) groups is 1. The predicted molar refractivity (Wildman–Crippen MR) is 126 cm³/mol. The van der Waals surface area contributed by atoms with E-state index in [1.165, 1.54) is 31.4 Å². The summed E-state index contributed by atoms with van der Waals surface area (Å²) in [6.07, 6.45) is 7.32. The zero-order valence-corrected chi connectivity index (χ0v) is 20.9. The summed E-state index contributed by atoms with van der Waals surface area (Å²) >= 11 is 6.08. The number of ether oxygens (including phenoxy) is 3. The van der Waals surface area contributed by atoms with E-state index in [2.05, 4.69) is 4.72 Å². The summed E-state index contributed by atoms with van der Waals surface area (Å²) in [6, 6.07) is 4.37. The summed E-state index contributed by atoms with van der Waals surface area (Å²) in [5.74, 6) is 2.21. The first-order chi connectivity index (χ1) is 16.3. The Labute approximate surface area is 206 Å². The van der Waals surface area contributed by atoms with Gasteiger partial charge in [0.15, 0.2) is 6.61 Å². The molecule has 0 spiro atoms. The van der Waals surface area contributed by atoms with E-state index in [0.717, 1.165) is 37.0 Å². The summed E-state index contributed by atoms with van der Waals surface area (Å²) in [5.41, 5.74) is -0.0651. The Morgan fingerprint density at radius 3 is 2.41 bits per heavy atom. The number of sulfonamides is 1. The van der Waals surface area contributed by atoms with E-state index in [1.807, 2.05) is 0 Å². The number of carbonyl (C=O) groups excluding carboxylic acids is 1.